The van der Waals surface area contributed by atoms with Crippen LogP contribution in [0.3, 0.4) is 0 Å². The van der Waals surface area contributed by atoms with Gasteiger partial charge in [-0.3, -0.25) is 4.79 Å². The van der Waals surface area contributed by atoms with Crippen molar-refractivity contribution < 1.29 is 0 Å². The van der Waals surface area contributed by atoms with Crippen LogP contribution in [0.25, 0.3) is 20.2 Å². The van der Waals surface area contributed by atoms with Gasteiger partial charge < -0.3 is 5.32 Å². The van der Waals surface area contributed by atoms with Crippen LogP contribution < -0.4 is 10.7 Å². The summed E-state index contributed by atoms with van der Waals surface area (Å²) in [6, 6.07) is 12.0. The van der Waals surface area contributed by atoms with Gasteiger partial charge in [-0.05, 0) is 42.7 Å². The first kappa shape index (κ1) is 15.8. The van der Waals surface area contributed by atoms with Gasteiger partial charge in [0.2, 0.25) is 0 Å². The second kappa shape index (κ2) is 6.97. The van der Waals surface area contributed by atoms with Crippen LogP contribution in [0.5, 0.6) is 0 Å². The van der Waals surface area contributed by atoms with Crippen LogP contribution in [-0.4, -0.2) is 6.54 Å². The fraction of sp³-hybridized carbons (Fsp3) is 0.250. The Balaban J connectivity index is 2.20. The second-order valence-corrected chi connectivity index (χ2v) is 6.79. The lowest BCUT2D eigenvalue weighted by molar-refractivity contribution is 0.833. The quantitative estimate of drug-likeness (QED) is 0.376. The van der Waals surface area contributed by atoms with E-state index in [1.807, 2.05) is 36.4 Å². The maximum absolute atomic E-state index is 12.8. The summed E-state index contributed by atoms with van der Waals surface area (Å²) in [6.45, 7) is 6.96. The summed E-state index contributed by atoms with van der Waals surface area (Å²) < 4.78 is 2.09. The molecule has 0 aliphatic carbocycles. The number of fused-ring (bicyclic) bond motifs is 2. The summed E-state index contributed by atoms with van der Waals surface area (Å²) in [5, 5.41) is 5.10. The smallest absolute Gasteiger partial charge is 0.195 e. The fourth-order valence-electron chi connectivity index (χ4n) is 2.78. The van der Waals surface area contributed by atoms with E-state index in [0.717, 1.165) is 51.7 Å². The first-order valence-corrected chi connectivity index (χ1v) is 8.89. The molecule has 1 heterocycles. The normalized spacial score (nSPS) is 11.0. The van der Waals surface area contributed by atoms with Gasteiger partial charge in [0.15, 0.2) is 5.43 Å². The van der Waals surface area contributed by atoms with E-state index in [-0.39, 0.29) is 5.43 Å². The highest BCUT2D eigenvalue weighted by Gasteiger charge is 2.10. The zero-order valence-corrected chi connectivity index (χ0v) is 14.2. The van der Waals surface area contributed by atoms with Gasteiger partial charge in [-0.15, -0.1) is 17.9 Å². The third kappa shape index (κ3) is 3.15. The third-order valence-corrected chi connectivity index (χ3v) is 5.15. The molecule has 3 aromatic rings. The standard InChI is InChI=1S/C20H21NOS/c1-3-5-11-21-17-13-16-19(12-14(17)8-4-2)23-18-10-7-6-9-15(18)20(16)22/h4,6-7,9-10,12-13,21H,2-3,5,8,11H2,1H3. The molecule has 0 saturated heterocycles. The number of hydrogen-bond acceptors (Lipinski definition) is 3. The van der Waals surface area contributed by atoms with Gasteiger partial charge in [-0.25, -0.2) is 0 Å². The molecule has 0 fully saturated rings. The van der Waals surface area contributed by atoms with Crippen molar-refractivity contribution in [3.8, 4) is 0 Å². The van der Waals surface area contributed by atoms with E-state index in [1.54, 1.807) is 11.3 Å². The van der Waals surface area contributed by atoms with E-state index in [4.69, 9.17) is 0 Å². The van der Waals surface area contributed by atoms with E-state index < -0.39 is 0 Å². The summed E-state index contributed by atoms with van der Waals surface area (Å²) in [6.07, 6.45) is 4.99. The molecule has 0 unspecified atom stereocenters. The maximum Gasteiger partial charge on any atom is 0.195 e. The molecule has 23 heavy (non-hydrogen) atoms. The summed E-state index contributed by atoms with van der Waals surface area (Å²) >= 11 is 1.68. The van der Waals surface area contributed by atoms with Crippen molar-refractivity contribution in [3.63, 3.8) is 0 Å². The Morgan fingerprint density at radius 2 is 2.00 bits per heavy atom. The number of allylic oxidation sites excluding steroid dienone is 1. The van der Waals surface area contributed by atoms with Crippen molar-refractivity contribution in [2.24, 2.45) is 0 Å². The van der Waals surface area contributed by atoms with E-state index in [2.05, 4.69) is 24.9 Å². The minimum absolute atomic E-state index is 0.123. The first-order chi connectivity index (χ1) is 11.2. The van der Waals surface area contributed by atoms with E-state index in [9.17, 15) is 4.79 Å². The van der Waals surface area contributed by atoms with E-state index >= 15 is 0 Å². The molecule has 0 amide bonds. The Morgan fingerprint density at radius 1 is 1.17 bits per heavy atom. The van der Waals surface area contributed by atoms with Gasteiger partial charge in [0.05, 0.1) is 0 Å². The molecule has 118 valence electrons. The average Bonchev–Trinajstić information content (AvgIpc) is 2.56. The summed E-state index contributed by atoms with van der Waals surface area (Å²) in [5.41, 5.74) is 2.39. The van der Waals surface area contributed by atoms with E-state index in [1.165, 1.54) is 5.56 Å². The second-order valence-electron chi connectivity index (χ2n) is 5.71. The number of rotatable bonds is 6. The highest BCUT2D eigenvalue weighted by Crippen LogP contribution is 2.29. The van der Waals surface area contributed by atoms with Gasteiger partial charge in [0.1, 0.15) is 0 Å². The molecule has 0 bridgehead atoms. The number of hydrogen-bond donors (Lipinski definition) is 1. The van der Waals surface area contributed by atoms with Crippen LogP contribution in [-0.2, 0) is 6.42 Å². The average molecular weight is 323 g/mol. The first-order valence-electron chi connectivity index (χ1n) is 8.08. The van der Waals surface area contributed by atoms with Crippen molar-refractivity contribution in [2.75, 3.05) is 11.9 Å². The Labute approximate surface area is 140 Å². The van der Waals surface area contributed by atoms with Crippen LogP contribution in [0.15, 0.2) is 53.8 Å². The molecular weight excluding hydrogens is 302 g/mol. The minimum Gasteiger partial charge on any atom is -0.385 e. The Hall–Kier alpha value is -2.13. The summed E-state index contributed by atoms with van der Waals surface area (Å²) in [5.74, 6) is 0. The molecule has 0 aliphatic heterocycles. The number of nitrogens with one attached hydrogen (secondary N) is 1. The SMILES string of the molecule is C=CCc1cc2sc3ccccc3c(=O)c2cc1NCCCC. The Morgan fingerprint density at radius 3 is 2.78 bits per heavy atom. The molecule has 1 aromatic heterocycles. The van der Waals surface area contributed by atoms with Crippen LogP contribution in [0.1, 0.15) is 25.3 Å². The minimum atomic E-state index is 0.123. The lowest BCUT2D eigenvalue weighted by atomic mass is 10.1. The van der Waals surface area contributed by atoms with Gasteiger partial charge in [0.25, 0.3) is 0 Å². The van der Waals surface area contributed by atoms with Crippen LogP contribution in [0.2, 0.25) is 0 Å². The zero-order chi connectivity index (χ0) is 16.2. The lowest BCUT2D eigenvalue weighted by Gasteiger charge is -2.12. The van der Waals surface area contributed by atoms with Gasteiger partial charge in [-0.2, -0.15) is 0 Å². The molecule has 0 radical (unpaired) electrons. The molecule has 1 N–H and O–H groups in total. The van der Waals surface area contributed by atoms with Crippen LogP contribution in [0.4, 0.5) is 5.69 Å². The molecule has 2 nitrogen and oxygen atoms in total. The van der Waals surface area contributed by atoms with Crippen molar-refractivity contribution in [3.05, 3.63) is 64.8 Å². The van der Waals surface area contributed by atoms with Crippen LogP contribution in [0, 0.1) is 0 Å². The predicted molar refractivity (Wildman–Crippen MR) is 103 cm³/mol. The molecule has 3 heteroatoms. The fourth-order valence-corrected chi connectivity index (χ4v) is 3.90. The third-order valence-electron chi connectivity index (χ3n) is 4.01. The van der Waals surface area contributed by atoms with Crippen molar-refractivity contribution in [1.29, 1.82) is 0 Å². The Kier molecular flexibility index (Phi) is 4.77. The molecular formula is C20H21NOS. The molecule has 2 aromatic carbocycles. The van der Waals surface area contributed by atoms with Crippen LogP contribution >= 0.6 is 11.3 Å². The van der Waals surface area contributed by atoms with Gasteiger partial charge in [0, 0.05) is 32.4 Å². The maximum atomic E-state index is 12.8. The van der Waals surface area contributed by atoms with Gasteiger partial charge in [-0.1, -0.05) is 31.6 Å². The monoisotopic (exact) mass is 323 g/mol. The van der Waals surface area contributed by atoms with Crippen molar-refractivity contribution >= 4 is 37.2 Å². The summed E-state index contributed by atoms with van der Waals surface area (Å²) in [4.78, 5) is 12.8. The number of anilines is 1. The number of unbranched alkanes of at least 4 members (excludes halogenated alkanes) is 1. The van der Waals surface area contributed by atoms with Crippen molar-refractivity contribution in [2.45, 2.75) is 26.2 Å². The highest BCUT2D eigenvalue weighted by molar-refractivity contribution is 7.24. The molecule has 0 spiro atoms. The van der Waals surface area contributed by atoms with Gasteiger partial charge >= 0.3 is 0 Å². The molecule has 0 atom stereocenters. The molecule has 0 saturated carbocycles. The summed E-state index contributed by atoms with van der Waals surface area (Å²) in [7, 11) is 0. The number of benzene rings is 2. The topological polar surface area (TPSA) is 29.1 Å². The predicted octanol–water partition coefficient (Wildman–Crippen LogP) is 5.36. The zero-order valence-electron chi connectivity index (χ0n) is 13.4. The molecule has 3 rings (SSSR count). The largest absolute Gasteiger partial charge is 0.385 e. The van der Waals surface area contributed by atoms with E-state index in [0.29, 0.717) is 0 Å². The molecule has 0 aliphatic rings. The lowest BCUT2D eigenvalue weighted by Crippen LogP contribution is -2.06. The Bertz CT molecular complexity index is 911. The highest BCUT2D eigenvalue weighted by atomic mass is 32.1. The van der Waals surface area contributed by atoms with Crippen molar-refractivity contribution in [1.82, 2.24) is 0 Å².